The number of carbonyl (C=O) groups excluding carboxylic acids is 1. The predicted octanol–water partition coefficient (Wildman–Crippen LogP) is 2.43. The molecule has 6 nitrogen and oxygen atoms in total. The molecule has 0 spiro atoms. The zero-order valence-corrected chi connectivity index (χ0v) is 15.3. The highest BCUT2D eigenvalue weighted by Crippen LogP contribution is 2.43. The minimum atomic E-state index is 0.155. The van der Waals surface area contributed by atoms with E-state index in [2.05, 4.69) is 26.3 Å². The summed E-state index contributed by atoms with van der Waals surface area (Å²) < 4.78 is 5.42. The van der Waals surface area contributed by atoms with Crippen LogP contribution in [-0.2, 0) is 9.53 Å². The maximum absolute atomic E-state index is 13.0. The molecule has 1 N–H and O–H groups in total. The van der Waals surface area contributed by atoms with Crippen LogP contribution in [0, 0.1) is 17.8 Å². The van der Waals surface area contributed by atoms with Gasteiger partial charge in [0, 0.05) is 61.9 Å². The van der Waals surface area contributed by atoms with Gasteiger partial charge in [0.15, 0.2) is 0 Å². The number of hydrogen-bond acceptors (Lipinski definition) is 5. The summed E-state index contributed by atoms with van der Waals surface area (Å²) in [5.74, 6) is 3.38. The zero-order chi connectivity index (χ0) is 17.5. The van der Waals surface area contributed by atoms with Crippen LogP contribution in [0.15, 0.2) is 12.4 Å². The van der Waals surface area contributed by atoms with Gasteiger partial charge in [-0.2, -0.15) is 0 Å². The van der Waals surface area contributed by atoms with Crippen molar-refractivity contribution in [2.24, 2.45) is 17.8 Å². The van der Waals surface area contributed by atoms with Crippen LogP contribution < -0.4 is 5.32 Å². The largest absolute Gasteiger partial charge is 0.381 e. The molecule has 2 saturated heterocycles. The number of aromatic nitrogens is 2. The summed E-state index contributed by atoms with van der Waals surface area (Å²) in [5, 5.41) is 3.65. The highest BCUT2D eigenvalue weighted by Gasteiger charge is 2.45. The van der Waals surface area contributed by atoms with Crippen LogP contribution in [0.25, 0.3) is 0 Å². The Morgan fingerprint density at radius 1 is 1.08 bits per heavy atom. The average Bonchev–Trinajstić information content (AvgIpc) is 3.60. The van der Waals surface area contributed by atoms with Gasteiger partial charge in [0.2, 0.25) is 5.91 Å². The summed E-state index contributed by atoms with van der Waals surface area (Å²) in [6.45, 7) is 3.16. The average molecular weight is 356 g/mol. The quantitative estimate of drug-likeness (QED) is 0.878. The number of carbonyl (C=O) groups is 1. The Bertz CT molecular complexity index is 668. The van der Waals surface area contributed by atoms with Crippen LogP contribution in [0.1, 0.15) is 50.1 Å². The summed E-state index contributed by atoms with van der Waals surface area (Å²) in [7, 11) is 0. The summed E-state index contributed by atoms with van der Waals surface area (Å²) in [6.07, 6.45) is 8.53. The Labute approximate surface area is 154 Å². The fourth-order valence-electron chi connectivity index (χ4n) is 4.61. The van der Waals surface area contributed by atoms with Crippen LogP contribution in [0.3, 0.4) is 0 Å². The molecule has 0 aromatic carbocycles. The zero-order valence-electron chi connectivity index (χ0n) is 15.3. The van der Waals surface area contributed by atoms with E-state index in [0.717, 1.165) is 50.9 Å². The first-order valence-electron chi connectivity index (χ1n) is 10.2. The molecule has 4 aliphatic rings. The fourth-order valence-corrected chi connectivity index (χ4v) is 4.61. The summed E-state index contributed by atoms with van der Waals surface area (Å²) >= 11 is 0. The van der Waals surface area contributed by atoms with Crippen LogP contribution in [0.2, 0.25) is 0 Å². The minimum absolute atomic E-state index is 0.155. The maximum Gasteiger partial charge on any atom is 0.225 e. The maximum atomic E-state index is 13.0. The lowest BCUT2D eigenvalue weighted by molar-refractivity contribution is -0.137. The van der Waals surface area contributed by atoms with E-state index in [0.29, 0.717) is 23.8 Å². The summed E-state index contributed by atoms with van der Waals surface area (Å²) in [4.78, 5) is 23.9. The van der Waals surface area contributed by atoms with Gasteiger partial charge in [-0.3, -0.25) is 4.79 Å². The third-order valence-corrected chi connectivity index (χ3v) is 6.49. The van der Waals surface area contributed by atoms with Gasteiger partial charge in [0.25, 0.3) is 0 Å². The number of ether oxygens (including phenoxy) is 1. The van der Waals surface area contributed by atoms with Crippen molar-refractivity contribution in [3.05, 3.63) is 18.1 Å². The number of nitrogens with zero attached hydrogens (tertiary/aromatic N) is 3. The number of hydrogen-bond donors (Lipinski definition) is 1. The Balaban J connectivity index is 1.28. The van der Waals surface area contributed by atoms with E-state index >= 15 is 0 Å². The summed E-state index contributed by atoms with van der Waals surface area (Å²) in [5.41, 5.74) is 1.17. The van der Waals surface area contributed by atoms with E-state index < -0.39 is 0 Å². The topological polar surface area (TPSA) is 67.3 Å². The van der Waals surface area contributed by atoms with Crippen LogP contribution in [-0.4, -0.2) is 53.1 Å². The van der Waals surface area contributed by atoms with Crippen LogP contribution in [0.5, 0.6) is 0 Å². The second kappa shape index (κ2) is 6.80. The molecule has 0 bridgehead atoms. The molecule has 2 aliphatic carbocycles. The standard InChI is InChI=1S/C20H28N4O2/c25-20(15-5-7-26-8-6-15)24-10-16(13-1-2-13)18(11-24)23-19-9-17(14-3-4-14)21-12-22-19/h9,12-16,18H,1-8,10-11H2,(H,21,22,23)/t16-,18+/m0/s1. The molecule has 5 rings (SSSR count). The third kappa shape index (κ3) is 3.43. The van der Waals surface area contributed by atoms with E-state index in [1.807, 2.05) is 0 Å². The Morgan fingerprint density at radius 3 is 2.62 bits per heavy atom. The molecule has 6 heteroatoms. The van der Waals surface area contributed by atoms with Gasteiger partial charge in [0.05, 0.1) is 0 Å². The molecule has 2 atom stereocenters. The predicted molar refractivity (Wildman–Crippen MR) is 97.8 cm³/mol. The second-order valence-corrected chi connectivity index (χ2v) is 8.48. The minimum Gasteiger partial charge on any atom is -0.381 e. The Hall–Kier alpha value is -1.69. The fraction of sp³-hybridized carbons (Fsp3) is 0.750. The number of rotatable bonds is 5. The van der Waals surface area contributed by atoms with Gasteiger partial charge in [-0.1, -0.05) is 0 Å². The van der Waals surface area contributed by atoms with Crippen molar-refractivity contribution in [1.82, 2.24) is 14.9 Å². The van der Waals surface area contributed by atoms with Crippen LogP contribution in [0.4, 0.5) is 5.82 Å². The van der Waals surface area contributed by atoms with Gasteiger partial charge in [-0.25, -0.2) is 9.97 Å². The van der Waals surface area contributed by atoms with Gasteiger partial charge in [0.1, 0.15) is 12.1 Å². The van der Waals surface area contributed by atoms with E-state index in [-0.39, 0.29) is 5.92 Å². The van der Waals surface area contributed by atoms with E-state index in [1.165, 1.54) is 31.4 Å². The molecular formula is C20H28N4O2. The van der Waals surface area contributed by atoms with Gasteiger partial charge >= 0.3 is 0 Å². The molecule has 0 radical (unpaired) electrons. The molecule has 3 heterocycles. The molecule has 1 amide bonds. The van der Waals surface area contributed by atoms with Crippen molar-refractivity contribution < 1.29 is 9.53 Å². The van der Waals surface area contributed by atoms with Crippen molar-refractivity contribution in [1.29, 1.82) is 0 Å². The molecule has 1 aromatic heterocycles. The number of amides is 1. The number of likely N-dealkylation sites (tertiary alicyclic amines) is 1. The number of anilines is 1. The van der Waals surface area contributed by atoms with Crippen molar-refractivity contribution in [3.8, 4) is 0 Å². The highest BCUT2D eigenvalue weighted by atomic mass is 16.5. The lowest BCUT2D eigenvalue weighted by Gasteiger charge is -2.26. The SMILES string of the molecule is O=C(C1CCOCC1)N1C[C@@H](Nc2cc(C3CC3)ncn2)[C@H](C2CC2)C1. The second-order valence-electron chi connectivity index (χ2n) is 8.48. The molecule has 4 fully saturated rings. The van der Waals surface area contributed by atoms with Crippen molar-refractivity contribution in [2.75, 3.05) is 31.6 Å². The molecule has 26 heavy (non-hydrogen) atoms. The van der Waals surface area contributed by atoms with Crippen molar-refractivity contribution in [3.63, 3.8) is 0 Å². The number of nitrogens with one attached hydrogen (secondary N) is 1. The smallest absolute Gasteiger partial charge is 0.225 e. The Morgan fingerprint density at radius 2 is 1.88 bits per heavy atom. The van der Waals surface area contributed by atoms with Gasteiger partial charge in [-0.05, 0) is 44.4 Å². The third-order valence-electron chi connectivity index (χ3n) is 6.49. The molecule has 140 valence electrons. The van der Waals surface area contributed by atoms with Crippen molar-refractivity contribution in [2.45, 2.75) is 50.5 Å². The monoisotopic (exact) mass is 356 g/mol. The first kappa shape index (κ1) is 16.5. The first-order chi connectivity index (χ1) is 12.8. The van der Waals surface area contributed by atoms with Crippen LogP contribution >= 0.6 is 0 Å². The first-order valence-corrected chi connectivity index (χ1v) is 10.2. The molecule has 2 saturated carbocycles. The van der Waals surface area contributed by atoms with Gasteiger partial charge in [-0.15, -0.1) is 0 Å². The Kier molecular flexibility index (Phi) is 4.31. The summed E-state index contributed by atoms with van der Waals surface area (Å²) in [6, 6.07) is 2.43. The van der Waals surface area contributed by atoms with Gasteiger partial charge < -0.3 is 15.0 Å². The molecule has 0 unspecified atom stereocenters. The van der Waals surface area contributed by atoms with E-state index in [9.17, 15) is 4.79 Å². The molecule has 2 aliphatic heterocycles. The van der Waals surface area contributed by atoms with Crippen molar-refractivity contribution >= 4 is 11.7 Å². The lowest BCUT2D eigenvalue weighted by atomic mass is 9.98. The molecular weight excluding hydrogens is 328 g/mol. The normalized spacial score (nSPS) is 29.8. The highest BCUT2D eigenvalue weighted by molar-refractivity contribution is 5.79. The van der Waals surface area contributed by atoms with E-state index in [1.54, 1.807) is 6.33 Å². The lowest BCUT2D eigenvalue weighted by Crippen LogP contribution is -2.38. The molecule has 1 aromatic rings. The van der Waals surface area contributed by atoms with E-state index in [4.69, 9.17) is 4.74 Å².